The summed E-state index contributed by atoms with van der Waals surface area (Å²) in [5, 5.41) is 14.6. The van der Waals surface area contributed by atoms with Gasteiger partial charge in [0.25, 0.3) is 0 Å². The minimum atomic E-state index is -0.537. The second kappa shape index (κ2) is 9.15. The third kappa shape index (κ3) is 4.61. The Hall–Kier alpha value is -1.78. The zero-order valence-electron chi connectivity index (χ0n) is 16.4. The zero-order chi connectivity index (χ0) is 20.3. The quantitative estimate of drug-likeness (QED) is 0.451. The fourth-order valence-corrected chi connectivity index (χ4v) is 3.75. The number of hydrogen-bond donors (Lipinski definition) is 2. The Morgan fingerprint density at radius 1 is 0.857 bits per heavy atom. The van der Waals surface area contributed by atoms with Gasteiger partial charge in [-0.25, -0.2) is 0 Å². The van der Waals surface area contributed by atoms with Crippen LogP contribution >= 0.6 is 23.2 Å². The number of halogens is 2. The summed E-state index contributed by atoms with van der Waals surface area (Å²) in [5.41, 5.74) is 7.82. The maximum absolute atomic E-state index is 10.00. The Kier molecular flexibility index (Phi) is 6.84. The van der Waals surface area contributed by atoms with E-state index in [4.69, 9.17) is 23.2 Å². The van der Waals surface area contributed by atoms with Crippen LogP contribution in [-0.4, -0.2) is 12.1 Å². The molecule has 0 fully saturated rings. The number of aryl methyl sites for hydroxylation is 2. The first-order valence-electron chi connectivity index (χ1n) is 9.47. The lowest BCUT2D eigenvalue weighted by Crippen LogP contribution is -2.32. The number of rotatable bonds is 6. The second-order valence-corrected chi connectivity index (χ2v) is 7.94. The van der Waals surface area contributed by atoms with E-state index < -0.39 is 7.05 Å². The average Bonchev–Trinajstić information content (AvgIpc) is 2.69. The molecule has 0 radical (unpaired) electrons. The summed E-state index contributed by atoms with van der Waals surface area (Å²) >= 11 is 12.7. The van der Waals surface area contributed by atoms with Crippen LogP contribution in [-0.2, 0) is 6.54 Å². The summed E-state index contributed by atoms with van der Waals surface area (Å²) in [7, 11) is -0.537. The van der Waals surface area contributed by atoms with Gasteiger partial charge in [0.05, 0.1) is 0 Å². The molecule has 0 heterocycles. The van der Waals surface area contributed by atoms with Crippen molar-refractivity contribution in [1.82, 2.24) is 5.23 Å². The van der Waals surface area contributed by atoms with Crippen molar-refractivity contribution >= 4 is 30.3 Å². The Morgan fingerprint density at radius 2 is 1.46 bits per heavy atom. The highest BCUT2D eigenvalue weighted by Gasteiger charge is 2.17. The summed E-state index contributed by atoms with van der Waals surface area (Å²) in [6, 6.07) is 18.2. The Morgan fingerprint density at radius 3 is 2.11 bits per heavy atom. The van der Waals surface area contributed by atoms with Crippen LogP contribution in [0.1, 0.15) is 23.6 Å². The standard InChI is InChI=1S/C23H24BCl2NO/c1-4-24(28)27-14-17-6-5-7-20(21-12-18(25)10-8-15(21)2)23(17)22-13-19(26)11-9-16(22)3/h5-13,27-28H,4,14H2,1-3H3. The van der Waals surface area contributed by atoms with Crippen molar-refractivity contribution in [3.8, 4) is 22.3 Å². The molecular weight excluding hydrogens is 388 g/mol. The van der Waals surface area contributed by atoms with Crippen LogP contribution in [0.4, 0.5) is 0 Å². The van der Waals surface area contributed by atoms with Crippen LogP contribution in [0.2, 0.25) is 16.4 Å². The van der Waals surface area contributed by atoms with E-state index in [0.717, 1.165) is 38.9 Å². The molecule has 0 aromatic heterocycles. The maximum Gasteiger partial charge on any atom is 0.376 e. The first kappa shape index (κ1) is 20.9. The zero-order valence-corrected chi connectivity index (χ0v) is 17.9. The van der Waals surface area contributed by atoms with Crippen LogP contribution in [0.15, 0.2) is 54.6 Å². The topological polar surface area (TPSA) is 32.3 Å². The predicted molar refractivity (Wildman–Crippen MR) is 122 cm³/mol. The van der Waals surface area contributed by atoms with Gasteiger partial charge in [-0.1, -0.05) is 60.5 Å². The molecule has 0 atom stereocenters. The third-order valence-corrected chi connectivity index (χ3v) is 5.49. The van der Waals surface area contributed by atoms with Crippen LogP contribution in [0.3, 0.4) is 0 Å². The van der Waals surface area contributed by atoms with Crippen LogP contribution in [0.25, 0.3) is 22.3 Å². The van der Waals surface area contributed by atoms with Crippen LogP contribution in [0, 0.1) is 13.8 Å². The average molecular weight is 412 g/mol. The molecule has 0 aliphatic rings. The van der Waals surface area contributed by atoms with Crippen LogP contribution in [0.5, 0.6) is 0 Å². The van der Waals surface area contributed by atoms with Crippen molar-refractivity contribution in [2.45, 2.75) is 33.6 Å². The van der Waals surface area contributed by atoms with Gasteiger partial charge >= 0.3 is 7.05 Å². The van der Waals surface area contributed by atoms with Crippen molar-refractivity contribution in [2.75, 3.05) is 0 Å². The molecule has 0 aliphatic carbocycles. The normalized spacial score (nSPS) is 10.9. The largest absolute Gasteiger partial charge is 0.437 e. The molecule has 3 aromatic rings. The lowest BCUT2D eigenvalue weighted by Gasteiger charge is -2.20. The first-order valence-corrected chi connectivity index (χ1v) is 10.2. The lowest BCUT2D eigenvalue weighted by molar-refractivity contribution is 0.545. The van der Waals surface area contributed by atoms with Crippen molar-refractivity contribution < 1.29 is 5.02 Å². The minimum absolute atomic E-state index is 0.537. The van der Waals surface area contributed by atoms with Crippen molar-refractivity contribution in [1.29, 1.82) is 0 Å². The molecular formula is C23H24BCl2NO. The Balaban J connectivity index is 2.25. The van der Waals surface area contributed by atoms with Crippen molar-refractivity contribution in [3.05, 3.63) is 81.3 Å². The highest BCUT2D eigenvalue weighted by Crippen LogP contribution is 2.39. The Labute approximate surface area is 177 Å². The fourth-order valence-electron chi connectivity index (χ4n) is 3.41. The summed E-state index contributed by atoms with van der Waals surface area (Å²) in [4.78, 5) is 0. The summed E-state index contributed by atoms with van der Waals surface area (Å²) < 4.78 is 0. The number of hydrogen-bond acceptors (Lipinski definition) is 2. The summed E-state index contributed by atoms with van der Waals surface area (Å²) in [6.07, 6.45) is 0.651. The molecule has 0 unspecified atom stereocenters. The maximum atomic E-state index is 10.00. The molecule has 3 rings (SSSR count). The summed E-state index contributed by atoms with van der Waals surface area (Å²) in [5.74, 6) is 0. The van der Waals surface area contributed by atoms with Gasteiger partial charge in [-0.15, -0.1) is 0 Å². The van der Waals surface area contributed by atoms with Gasteiger partial charge in [0, 0.05) is 16.6 Å². The molecule has 0 saturated heterocycles. The van der Waals surface area contributed by atoms with Crippen LogP contribution < -0.4 is 5.23 Å². The van der Waals surface area contributed by atoms with Gasteiger partial charge in [0.15, 0.2) is 0 Å². The molecule has 0 amide bonds. The van der Waals surface area contributed by atoms with E-state index in [0.29, 0.717) is 22.9 Å². The van der Waals surface area contributed by atoms with Gasteiger partial charge in [-0.3, -0.25) is 0 Å². The fraction of sp³-hybridized carbons (Fsp3) is 0.217. The minimum Gasteiger partial charge on any atom is -0.437 e. The van der Waals surface area contributed by atoms with Gasteiger partial charge in [0.1, 0.15) is 0 Å². The smallest absolute Gasteiger partial charge is 0.376 e. The molecule has 2 N–H and O–H groups in total. The molecule has 0 spiro atoms. The highest BCUT2D eigenvalue weighted by atomic mass is 35.5. The predicted octanol–water partition coefficient (Wildman–Crippen LogP) is 6.53. The van der Waals surface area contributed by atoms with Gasteiger partial charge in [-0.05, 0) is 83.4 Å². The highest BCUT2D eigenvalue weighted by molar-refractivity contribution is 6.47. The second-order valence-electron chi connectivity index (χ2n) is 7.06. The van der Waals surface area contributed by atoms with E-state index in [1.54, 1.807) is 0 Å². The van der Waals surface area contributed by atoms with Crippen molar-refractivity contribution in [3.63, 3.8) is 0 Å². The van der Waals surface area contributed by atoms with Crippen molar-refractivity contribution in [2.24, 2.45) is 0 Å². The Bertz CT molecular complexity index is 990. The van der Waals surface area contributed by atoms with Gasteiger partial charge < -0.3 is 10.3 Å². The lowest BCUT2D eigenvalue weighted by atomic mass is 9.79. The number of nitrogens with one attached hydrogen (secondary N) is 1. The molecule has 5 heteroatoms. The molecule has 144 valence electrons. The monoisotopic (exact) mass is 411 g/mol. The van der Waals surface area contributed by atoms with E-state index in [-0.39, 0.29) is 0 Å². The van der Waals surface area contributed by atoms with E-state index in [1.165, 1.54) is 0 Å². The van der Waals surface area contributed by atoms with Gasteiger partial charge in [0.2, 0.25) is 0 Å². The molecule has 0 bridgehead atoms. The summed E-state index contributed by atoms with van der Waals surface area (Å²) in [6.45, 7) is 6.69. The molecule has 28 heavy (non-hydrogen) atoms. The van der Waals surface area contributed by atoms with E-state index in [1.807, 2.05) is 49.4 Å². The van der Waals surface area contributed by atoms with Gasteiger partial charge in [-0.2, -0.15) is 0 Å². The molecule has 0 aliphatic heterocycles. The molecule has 3 aromatic carbocycles. The van der Waals surface area contributed by atoms with E-state index >= 15 is 0 Å². The molecule has 0 saturated carbocycles. The SMILES string of the molecule is CCB(O)NCc1cccc(-c2cc(Cl)ccc2C)c1-c1cc(Cl)ccc1C. The third-order valence-electron chi connectivity index (χ3n) is 5.02. The number of benzene rings is 3. The van der Waals surface area contributed by atoms with E-state index in [2.05, 4.69) is 31.2 Å². The molecule has 2 nitrogen and oxygen atoms in total. The first-order chi connectivity index (χ1) is 13.4. The van der Waals surface area contributed by atoms with E-state index in [9.17, 15) is 5.02 Å².